The van der Waals surface area contributed by atoms with Crippen LogP contribution in [0.3, 0.4) is 0 Å². The van der Waals surface area contributed by atoms with E-state index >= 15 is 0 Å². The van der Waals surface area contributed by atoms with Crippen molar-refractivity contribution in [2.45, 2.75) is 83.3 Å². The van der Waals surface area contributed by atoms with Gasteiger partial charge in [0.15, 0.2) is 5.11 Å². The molecule has 0 spiro atoms. The van der Waals surface area contributed by atoms with E-state index < -0.39 is 0 Å². The second-order valence-electron chi connectivity index (χ2n) is 7.78. The Labute approximate surface area is 146 Å². The molecular formula is C17H33N3O2S. The number of methoxy groups -OCH3 is 1. The van der Waals surface area contributed by atoms with Crippen LogP contribution in [0.15, 0.2) is 0 Å². The Hall–Kier alpha value is -0.880. The number of carbonyl (C=O) groups excluding carboxylic acids is 1. The van der Waals surface area contributed by atoms with Crippen LogP contribution in [0, 0.1) is 0 Å². The first kappa shape index (κ1) is 20.2. The van der Waals surface area contributed by atoms with Crippen LogP contribution in [0.2, 0.25) is 0 Å². The molecule has 0 aromatic heterocycles. The largest absolute Gasteiger partial charge is 0.469 e. The summed E-state index contributed by atoms with van der Waals surface area (Å²) in [6.07, 6.45) is 5.47. The van der Waals surface area contributed by atoms with Crippen molar-refractivity contribution in [3.8, 4) is 0 Å². The van der Waals surface area contributed by atoms with Crippen molar-refractivity contribution in [2.75, 3.05) is 13.7 Å². The van der Waals surface area contributed by atoms with Gasteiger partial charge in [-0.15, -0.1) is 0 Å². The summed E-state index contributed by atoms with van der Waals surface area (Å²) >= 11 is 5.41. The molecule has 0 amide bonds. The normalized spacial score (nSPS) is 19.9. The second kappa shape index (κ2) is 8.83. The Balaban J connectivity index is 2.20. The zero-order valence-electron chi connectivity index (χ0n) is 15.3. The fraction of sp³-hybridized carbons (Fsp3) is 0.882. The lowest BCUT2D eigenvalue weighted by Gasteiger charge is -2.46. The number of thiocarbonyl (C=S) groups is 1. The number of rotatable bonds is 7. The van der Waals surface area contributed by atoms with Crippen molar-refractivity contribution in [3.05, 3.63) is 0 Å². The molecule has 0 atom stereocenters. The van der Waals surface area contributed by atoms with Crippen LogP contribution < -0.4 is 16.0 Å². The summed E-state index contributed by atoms with van der Waals surface area (Å²) < 4.78 is 4.62. The monoisotopic (exact) mass is 343 g/mol. The number of nitrogens with one attached hydrogen (secondary N) is 3. The van der Waals surface area contributed by atoms with Crippen LogP contribution in [0.25, 0.3) is 0 Å². The van der Waals surface area contributed by atoms with Crippen molar-refractivity contribution < 1.29 is 9.53 Å². The predicted octanol–water partition coefficient (Wildman–Crippen LogP) is 2.49. The molecule has 0 radical (unpaired) electrons. The summed E-state index contributed by atoms with van der Waals surface area (Å²) in [6, 6.07) is 0.389. The van der Waals surface area contributed by atoms with E-state index in [1.54, 1.807) is 0 Å². The van der Waals surface area contributed by atoms with Gasteiger partial charge < -0.3 is 20.7 Å². The fourth-order valence-electron chi connectivity index (χ4n) is 3.54. The number of carbonyl (C=O) groups is 1. The molecule has 1 saturated heterocycles. The van der Waals surface area contributed by atoms with Crippen molar-refractivity contribution in [2.24, 2.45) is 0 Å². The molecule has 134 valence electrons. The molecule has 3 N–H and O–H groups in total. The highest BCUT2D eigenvalue weighted by molar-refractivity contribution is 7.80. The van der Waals surface area contributed by atoms with Crippen LogP contribution in [0.1, 0.15) is 66.2 Å². The summed E-state index contributed by atoms with van der Waals surface area (Å²) in [4.78, 5) is 11.0. The molecule has 1 heterocycles. The minimum Gasteiger partial charge on any atom is -0.469 e. The topological polar surface area (TPSA) is 62.4 Å². The Bertz CT molecular complexity index is 395. The molecule has 0 aromatic carbocycles. The highest BCUT2D eigenvalue weighted by atomic mass is 32.1. The maximum atomic E-state index is 11.0. The standard InChI is InChI=1S/C17H33N3O2S/c1-16(2)11-13(12-17(3,4)20-16)19-15(23)18-10-8-6-7-9-14(21)22-5/h13,20H,6-12H2,1-5H3,(H2,18,19,23). The van der Waals surface area contributed by atoms with Crippen molar-refractivity contribution >= 4 is 23.3 Å². The van der Waals surface area contributed by atoms with E-state index in [1.807, 2.05) is 0 Å². The number of ether oxygens (including phenoxy) is 1. The van der Waals surface area contributed by atoms with Gasteiger partial charge in [-0.3, -0.25) is 4.79 Å². The first-order valence-corrected chi connectivity index (χ1v) is 8.95. The molecule has 1 fully saturated rings. The maximum Gasteiger partial charge on any atom is 0.305 e. The zero-order valence-corrected chi connectivity index (χ0v) is 16.1. The Kier molecular flexibility index (Phi) is 7.74. The van der Waals surface area contributed by atoms with Gasteiger partial charge in [-0.25, -0.2) is 0 Å². The summed E-state index contributed by atoms with van der Waals surface area (Å²) in [5.41, 5.74) is 0.228. The van der Waals surface area contributed by atoms with Crippen LogP contribution in [-0.4, -0.2) is 41.9 Å². The summed E-state index contributed by atoms with van der Waals surface area (Å²) in [7, 11) is 1.43. The smallest absolute Gasteiger partial charge is 0.305 e. The van der Waals surface area contributed by atoms with Gasteiger partial charge in [0.05, 0.1) is 7.11 Å². The quantitative estimate of drug-likeness (QED) is 0.375. The third kappa shape index (κ3) is 8.51. The molecule has 1 aliphatic rings. The van der Waals surface area contributed by atoms with Crippen LogP contribution >= 0.6 is 12.2 Å². The van der Waals surface area contributed by atoms with Gasteiger partial charge in [0.25, 0.3) is 0 Å². The van der Waals surface area contributed by atoms with E-state index in [0.29, 0.717) is 12.5 Å². The van der Waals surface area contributed by atoms with Gasteiger partial charge in [-0.2, -0.15) is 0 Å². The molecule has 23 heavy (non-hydrogen) atoms. The molecule has 5 nitrogen and oxygen atoms in total. The predicted molar refractivity (Wildman–Crippen MR) is 98.5 cm³/mol. The van der Waals surface area contributed by atoms with Crippen LogP contribution in [0.4, 0.5) is 0 Å². The van der Waals surface area contributed by atoms with Crippen molar-refractivity contribution in [1.29, 1.82) is 0 Å². The molecule has 0 aromatic rings. The SMILES string of the molecule is COC(=O)CCCCCNC(=S)NC1CC(C)(C)NC(C)(C)C1. The summed E-state index contributed by atoms with van der Waals surface area (Å²) in [5, 5.41) is 11.1. The van der Waals surface area contributed by atoms with Gasteiger partial charge in [0.1, 0.15) is 0 Å². The molecule has 0 aliphatic carbocycles. The van der Waals surface area contributed by atoms with E-state index in [0.717, 1.165) is 43.8 Å². The van der Waals surface area contributed by atoms with E-state index in [4.69, 9.17) is 12.2 Å². The lowest BCUT2D eigenvalue weighted by Crippen LogP contribution is -2.62. The van der Waals surface area contributed by atoms with Gasteiger partial charge in [-0.05, 0) is 65.6 Å². The molecule has 0 saturated carbocycles. The fourth-order valence-corrected chi connectivity index (χ4v) is 3.80. The van der Waals surface area contributed by atoms with Crippen LogP contribution in [0.5, 0.6) is 0 Å². The highest BCUT2D eigenvalue weighted by Crippen LogP contribution is 2.28. The first-order valence-electron chi connectivity index (χ1n) is 8.54. The Morgan fingerprint density at radius 3 is 2.35 bits per heavy atom. The maximum absolute atomic E-state index is 11.0. The van der Waals surface area contributed by atoms with E-state index in [9.17, 15) is 4.79 Å². The molecule has 1 rings (SSSR count). The summed E-state index contributed by atoms with van der Waals surface area (Å²) in [6.45, 7) is 9.78. The third-order valence-electron chi connectivity index (χ3n) is 4.10. The first-order chi connectivity index (χ1) is 10.6. The van der Waals surface area contributed by atoms with Crippen molar-refractivity contribution in [3.63, 3.8) is 0 Å². The highest BCUT2D eigenvalue weighted by Gasteiger charge is 2.37. The van der Waals surface area contributed by atoms with E-state index in [-0.39, 0.29) is 17.0 Å². The minimum absolute atomic E-state index is 0.114. The van der Waals surface area contributed by atoms with Gasteiger partial charge in [0.2, 0.25) is 0 Å². The third-order valence-corrected chi connectivity index (χ3v) is 4.36. The zero-order chi connectivity index (χ0) is 17.5. The van der Waals surface area contributed by atoms with E-state index in [2.05, 4.69) is 48.4 Å². The Morgan fingerprint density at radius 1 is 1.17 bits per heavy atom. The number of unbranched alkanes of at least 4 members (excludes halogenated alkanes) is 2. The Morgan fingerprint density at radius 2 is 1.78 bits per heavy atom. The minimum atomic E-state index is -0.133. The molecule has 6 heteroatoms. The van der Waals surface area contributed by atoms with Gasteiger partial charge in [-0.1, -0.05) is 6.42 Å². The summed E-state index contributed by atoms with van der Waals surface area (Å²) in [5.74, 6) is -0.133. The average molecular weight is 344 g/mol. The lowest BCUT2D eigenvalue weighted by molar-refractivity contribution is -0.140. The number of esters is 1. The lowest BCUT2D eigenvalue weighted by atomic mass is 9.80. The molecule has 0 unspecified atom stereocenters. The van der Waals surface area contributed by atoms with Gasteiger partial charge in [0, 0.05) is 30.1 Å². The number of hydrogen-bond acceptors (Lipinski definition) is 4. The van der Waals surface area contributed by atoms with Crippen molar-refractivity contribution in [1.82, 2.24) is 16.0 Å². The van der Waals surface area contributed by atoms with Crippen LogP contribution in [-0.2, 0) is 9.53 Å². The second-order valence-corrected chi connectivity index (χ2v) is 8.19. The average Bonchev–Trinajstić information content (AvgIpc) is 2.38. The van der Waals surface area contributed by atoms with Gasteiger partial charge >= 0.3 is 5.97 Å². The molecular weight excluding hydrogens is 310 g/mol. The number of piperidine rings is 1. The molecule has 0 bridgehead atoms. The molecule has 1 aliphatic heterocycles. The number of hydrogen-bond donors (Lipinski definition) is 3. The van der Waals surface area contributed by atoms with E-state index in [1.165, 1.54) is 7.11 Å².